The van der Waals surface area contributed by atoms with E-state index in [0.717, 1.165) is 35.6 Å². The summed E-state index contributed by atoms with van der Waals surface area (Å²) in [5.74, 6) is 0. The zero-order valence-electron chi connectivity index (χ0n) is 23.2. The van der Waals surface area contributed by atoms with Crippen molar-refractivity contribution in [1.82, 2.24) is 0 Å². The van der Waals surface area contributed by atoms with Crippen LogP contribution < -0.4 is 0 Å². The Morgan fingerprint density at radius 3 is 1.50 bits per heavy atom. The molecule has 0 heterocycles. The third kappa shape index (κ3) is 11.8. The Morgan fingerprint density at radius 2 is 1.03 bits per heavy atom. The Morgan fingerprint density at radius 1 is 0.583 bits per heavy atom. The lowest BCUT2D eigenvalue weighted by Gasteiger charge is -2.13. The molecule has 4 heteroatoms. The number of rotatable bonds is 21. The molecule has 0 saturated carbocycles. The summed E-state index contributed by atoms with van der Waals surface area (Å²) in [7, 11) is -4.23. The molecule has 0 fully saturated rings. The Balaban J connectivity index is 1.92. The van der Waals surface area contributed by atoms with E-state index in [4.69, 9.17) is 0 Å². The predicted octanol–water partition coefficient (Wildman–Crippen LogP) is 10.2. The molecule has 3 nitrogen and oxygen atoms in total. The average molecular weight is 517 g/mol. The van der Waals surface area contributed by atoms with Crippen molar-refractivity contribution in [1.29, 1.82) is 0 Å². The highest BCUT2D eigenvalue weighted by atomic mass is 32.2. The molecule has 0 amide bonds. The van der Waals surface area contributed by atoms with Crippen LogP contribution >= 0.6 is 0 Å². The Bertz CT molecular complexity index is 965. The van der Waals surface area contributed by atoms with Crippen molar-refractivity contribution in [2.45, 2.75) is 147 Å². The summed E-state index contributed by atoms with van der Waals surface area (Å²) in [5, 5.41) is 2.06. The summed E-state index contributed by atoms with van der Waals surface area (Å²) in [4.78, 5) is 0.0924. The second-order valence-corrected chi connectivity index (χ2v) is 12.1. The highest BCUT2D eigenvalue weighted by molar-refractivity contribution is 7.85. The summed E-state index contributed by atoms with van der Waals surface area (Å²) < 4.78 is 34.2. The van der Waals surface area contributed by atoms with Crippen LogP contribution in [0.25, 0.3) is 10.8 Å². The SMILES string of the molecule is CCCCCCCCCCCc1cc2c(CCCCCCCCCCC)cccc2cc1S(=O)(=O)O. The Hall–Kier alpha value is -1.39. The van der Waals surface area contributed by atoms with Crippen molar-refractivity contribution in [2.75, 3.05) is 0 Å². The van der Waals surface area contributed by atoms with Gasteiger partial charge in [-0.2, -0.15) is 8.42 Å². The van der Waals surface area contributed by atoms with Crippen molar-refractivity contribution in [3.63, 3.8) is 0 Å². The standard InChI is InChI=1S/C32H52O3S/c1-3-5-7-9-11-13-15-17-19-22-28-24-21-25-29-27-32(36(33,34)35)30(26-31(28)29)23-20-18-16-14-12-10-8-6-4-2/h21,24-27H,3-20,22-23H2,1-2H3,(H,33,34,35). The molecule has 2 aromatic rings. The van der Waals surface area contributed by atoms with Crippen LogP contribution in [0.4, 0.5) is 0 Å². The van der Waals surface area contributed by atoms with Gasteiger partial charge in [-0.25, -0.2) is 0 Å². The zero-order valence-corrected chi connectivity index (χ0v) is 24.0. The molecule has 0 aromatic heterocycles. The maximum absolute atomic E-state index is 12.2. The molecule has 0 aliphatic heterocycles. The van der Waals surface area contributed by atoms with E-state index in [-0.39, 0.29) is 4.90 Å². The molecule has 0 saturated heterocycles. The van der Waals surface area contributed by atoms with Gasteiger partial charge < -0.3 is 0 Å². The summed E-state index contributed by atoms with van der Waals surface area (Å²) in [6.45, 7) is 4.50. The topological polar surface area (TPSA) is 54.4 Å². The van der Waals surface area contributed by atoms with E-state index in [0.29, 0.717) is 6.42 Å². The minimum absolute atomic E-state index is 0.0924. The number of aryl methyl sites for hydroxylation is 2. The maximum Gasteiger partial charge on any atom is 0.294 e. The van der Waals surface area contributed by atoms with Gasteiger partial charge in [-0.1, -0.05) is 135 Å². The fraction of sp³-hybridized carbons (Fsp3) is 0.688. The summed E-state index contributed by atoms with van der Waals surface area (Å²) in [5.41, 5.74) is 2.07. The molecule has 0 bridgehead atoms. The van der Waals surface area contributed by atoms with Gasteiger partial charge in [0, 0.05) is 0 Å². The van der Waals surface area contributed by atoms with Crippen LogP contribution in [-0.2, 0) is 23.0 Å². The lowest BCUT2D eigenvalue weighted by atomic mass is 9.95. The molecule has 36 heavy (non-hydrogen) atoms. The number of hydrogen-bond acceptors (Lipinski definition) is 2. The monoisotopic (exact) mass is 516 g/mol. The van der Waals surface area contributed by atoms with E-state index in [2.05, 4.69) is 19.9 Å². The molecule has 0 spiro atoms. The first-order valence-electron chi connectivity index (χ1n) is 15.0. The van der Waals surface area contributed by atoms with E-state index < -0.39 is 10.1 Å². The first kappa shape index (κ1) is 30.8. The molecule has 0 atom stereocenters. The molecule has 0 aliphatic carbocycles. The largest absolute Gasteiger partial charge is 0.294 e. The van der Waals surface area contributed by atoms with Crippen molar-refractivity contribution >= 4 is 20.9 Å². The first-order valence-corrected chi connectivity index (χ1v) is 16.4. The molecule has 2 aromatic carbocycles. The maximum atomic E-state index is 12.2. The van der Waals surface area contributed by atoms with Crippen molar-refractivity contribution in [3.8, 4) is 0 Å². The fourth-order valence-electron chi connectivity index (χ4n) is 5.32. The predicted molar refractivity (Wildman–Crippen MR) is 156 cm³/mol. The number of unbranched alkanes of at least 4 members (excludes halogenated alkanes) is 16. The van der Waals surface area contributed by atoms with Gasteiger partial charge >= 0.3 is 0 Å². The van der Waals surface area contributed by atoms with Crippen LogP contribution in [-0.4, -0.2) is 13.0 Å². The molecule has 1 N–H and O–H groups in total. The van der Waals surface area contributed by atoms with Crippen LogP contribution in [0, 0.1) is 0 Å². The second kappa shape index (κ2) is 18.0. The van der Waals surface area contributed by atoms with E-state index in [1.54, 1.807) is 6.07 Å². The summed E-state index contributed by atoms with van der Waals surface area (Å²) in [6, 6.07) is 9.90. The van der Waals surface area contributed by atoms with Crippen LogP contribution in [0.1, 0.15) is 141 Å². The molecule has 204 valence electrons. The number of fused-ring (bicyclic) bond motifs is 1. The molecule has 0 unspecified atom stereocenters. The van der Waals surface area contributed by atoms with Crippen LogP contribution in [0.2, 0.25) is 0 Å². The average Bonchev–Trinajstić information content (AvgIpc) is 2.86. The van der Waals surface area contributed by atoms with Crippen LogP contribution in [0.3, 0.4) is 0 Å². The molecule has 2 rings (SSSR count). The highest BCUT2D eigenvalue weighted by Crippen LogP contribution is 2.29. The number of benzene rings is 2. The Kier molecular flexibility index (Phi) is 15.4. The van der Waals surface area contributed by atoms with Crippen molar-refractivity contribution in [2.24, 2.45) is 0 Å². The van der Waals surface area contributed by atoms with Crippen LogP contribution in [0.5, 0.6) is 0 Å². The van der Waals surface area contributed by atoms with Gasteiger partial charge in [0.15, 0.2) is 0 Å². The van der Waals surface area contributed by atoms with Gasteiger partial charge in [0.2, 0.25) is 0 Å². The van der Waals surface area contributed by atoms with E-state index >= 15 is 0 Å². The van der Waals surface area contributed by atoms with Crippen molar-refractivity contribution < 1.29 is 13.0 Å². The van der Waals surface area contributed by atoms with E-state index in [9.17, 15) is 13.0 Å². The van der Waals surface area contributed by atoms with Crippen LogP contribution in [0.15, 0.2) is 35.2 Å². The molecule has 0 radical (unpaired) electrons. The van der Waals surface area contributed by atoms with E-state index in [1.165, 1.54) is 108 Å². The van der Waals surface area contributed by atoms with E-state index in [1.807, 2.05) is 18.2 Å². The molecular formula is C32H52O3S. The van der Waals surface area contributed by atoms with Gasteiger partial charge in [-0.05, 0) is 59.7 Å². The van der Waals surface area contributed by atoms with Gasteiger partial charge in [-0.15, -0.1) is 0 Å². The number of hydrogen-bond donors (Lipinski definition) is 1. The van der Waals surface area contributed by atoms with Gasteiger partial charge in [0.25, 0.3) is 10.1 Å². The third-order valence-electron chi connectivity index (χ3n) is 7.53. The van der Waals surface area contributed by atoms with Crippen molar-refractivity contribution in [3.05, 3.63) is 41.5 Å². The highest BCUT2D eigenvalue weighted by Gasteiger charge is 2.17. The quantitative estimate of drug-likeness (QED) is 0.133. The fourth-order valence-corrected chi connectivity index (χ4v) is 6.09. The lowest BCUT2D eigenvalue weighted by molar-refractivity contribution is 0.481. The summed E-state index contributed by atoms with van der Waals surface area (Å²) >= 11 is 0. The Labute approximate surface area is 222 Å². The second-order valence-electron chi connectivity index (χ2n) is 10.7. The first-order chi connectivity index (χ1) is 17.5. The normalized spacial score (nSPS) is 12.0. The minimum Gasteiger partial charge on any atom is -0.282 e. The molecule has 0 aliphatic rings. The summed E-state index contributed by atoms with van der Waals surface area (Å²) in [6.07, 6.45) is 24.7. The van der Waals surface area contributed by atoms with Gasteiger partial charge in [0.1, 0.15) is 0 Å². The van der Waals surface area contributed by atoms with Gasteiger partial charge in [-0.3, -0.25) is 4.55 Å². The van der Waals surface area contributed by atoms with Gasteiger partial charge in [0.05, 0.1) is 4.90 Å². The minimum atomic E-state index is -4.23. The lowest BCUT2D eigenvalue weighted by Crippen LogP contribution is -2.04. The third-order valence-corrected chi connectivity index (χ3v) is 8.46. The smallest absolute Gasteiger partial charge is 0.282 e. The zero-order chi connectivity index (χ0) is 26.1. The molecular weight excluding hydrogens is 464 g/mol.